The van der Waals surface area contributed by atoms with E-state index in [0.717, 1.165) is 18.4 Å². The van der Waals surface area contributed by atoms with Gasteiger partial charge in [0.2, 0.25) is 0 Å². The molecule has 1 aliphatic heterocycles. The number of hydrogen-bond acceptors (Lipinski definition) is 4. The zero-order valence-electron chi connectivity index (χ0n) is 12.3. The molecule has 1 aliphatic carbocycles. The van der Waals surface area contributed by atoms with E-state index < -0.39 is 11.9 Å². The molecule has 1 heterocycles. The summed E-state index contributed by atoms with van der Waals surface area (Å²) in [6, 6.07) is 9.63. The summed E-state index contributed by atoms with van der Waals surface area (Å²) >= 11 is 0. The molecule has 3 rings (SSSR count). The van der Waals surface area contributed by atoms with Gasteiger partial charge in [-0.25, -0.2) is 4.79 Å². The van der Waals surface area contributed by atoms with Crippen LogP contribution in [-0.4, -0.2) is 31.6 Å². The Kier molecular flexibility index (Phi) is 3.87. The van der Waals surface area contributed by atoms with Gasteiger partial charge in [-0.1, -0.05) is 30.3 Å². The smallest absolute Gasteiger partial charge is 0.407 e. The molecule has 21 heavy (non-hydrogen) atoms. The Morgan fingerprint density at radius 2 is 1.90 bits per heavy atom. The highest BCUT2D eigenvalue weighted by atomic mass is 16.7. The van der Waals surface area contributed by atoms with Crippen molar-refractivity contribution in [3.63, 3.8) is 0 Å². The third-order valence-corrected chi connectivity index (χ3v) is 4.44. The zero-order valence-corrected chi connectivity index (χ0v) is 12.3. The van der Waals surface area contributed by atoms with Gasteiger partial charge >= 0.3 is 6.09 Å². The molecule has 0 spiro atoms. The van der Waals surface area contributed by atoms with Crippen LogP contribution in [0.25, 0.3) is 0 Å². The molecule has 0 aromatic heterocycles. The molecule has 5 nitrogen and oxygen atoms in total. The van der Waals surface area contributed by atoms with Gasteiger partial charge in [0.05, 0.1) is 13.2 Å². The number of alkyl carbamates (subject to hydrolysis) is 1. The zero-order chi connectivity index (χ0) is 14.8. The second-order valence-corrected chi connectivity index (χ2v) is 5.84. The Balaban J connectivity index is 1.46. The van der Waals surface area contributed by atoms with Gasteiger partial charge in [-0.2, -0.15) is 0 Å². The lowest BCUT2D eigenvalue weighted by atomic mass is 9.96. The van der Waals surface area contributed by atoms with Crippen LogP contribution in [0, 0.1) is 5.41 Å². The highest BCUT2D eigenvalue weighted by Crippen LogP contribution is 2.56. The molecule has 1 saturated carbocycles. The van der Waals surface area contributed by atoms with Crippen LogP contribution in [0.2, 0.25) is 0 Å². The minimum atomic E-state index is -0.570. The largest absolute Gasteiger partial charge is 0.445 e. The van der Waals surface area contributed by atoms with E-state index in [1.807, 2.05) is 37.3 Å². The quantitative estimate of drug-likeness (QED) is 0.905. The number of ether oxygens (including phenoxy) is 3. The van der Waals surface area contributed by atoms with Gasteiger partial charge < -0.3 is 19.5 Å². The summed E-state index contributed by atoms with van der Waals surface area (Å²) in [6.45, 7) is 4.01. The fraction of sp³-hybridized carbons (Fsp3) is 0.562. The van der Waals surface area contributed by atoms with Crippen LogP contribution < -0.4 is 5.32 Å². The van der Waals surface area contributed by atoms with Crippen molar-refractivity contribution in [3.05, 3.63) is 35.9 Å². The second-order valence-electron chi connectivity index (χ2n) is 5.84. The first kappa shape index (κ1) is 14.4. The molecule has 1 aromatic rings. The molecule has 1 aromatic carbocycles. The topological polar surface area (TPSA) is 56.8 Å². The Morgan fingerprint density at radius 1 is 1.24 bits per heavy atom. The molecule has 1 N–H and O–H groups in total. The van der Waals surface area contributed by atoms with Crippen LogP contribution in [0.5, 0.6) is 0 Å². The maximum absolute atomic E-state index is 11.8. The molecule has 2 aliphatic rings. The van der Waals surface area contributed by atoms with Crippen LogP contribution in [0.3, 0.4) is 0 Å². The van der Waals surface area contributed by atoms with Gasteiger partial charge in [0.15, 0.2) is 5.79 Å². The van der Waals surface area contributed by atoms with E-state index >= 15 is 0 Å². The number of nitrogens with one attached hydrogen (secondary N) is 1. The average molecular weight is 291 g/mol. The maximum Gasteiger partial charge on any atom is 0.407 e. The molecule has 0 atom stereocenters. The van der Waals surface area contributed by atoms with Gasteiger partial charge in [-0.15, -0.1) is 0 Å². The molecule has 114 valence electrons. The van der Waals surface area contributed by atoms with Crippen LogP contribution in [0.1, 0.15) is 25.3 Å². The summed E-state index contributed by atoms with van der Waals surface area (Å²) in [6.07, 6.45) is 1.61. The summed E-state index contributed by atoms with van der Waals surface area (Å²) in [4.78, 5) is 11.8. The van der Waals surface area contributed by atoms with Crippen molar-refractivity contribution in [2.45, 2.75) is 32.2 Å². The molecule has 5 heteroatoms. The van der Waals surface area contributed by atoms with Crippen molar-refractivity contribution in [3.8, 4) is 0 Å². The van der Waals surface area contributed by atoms with Gasteiger partial charge in [0, 0.05) is 12.0 Å². The van der Waals surface area contributed by atoms with E-state index in [-0.39, 0.29) is 12.0 Å². The molecule has 1 saturated heterocycles. The molecule has 0 bridgehead atoms. The van der Waals surface area contributed by atoms with Gasteiger partial charge in [-0.3, -0.25) is 0 Å². The normalized spacial score (nSPS) is 21.8. The van der Waals surface area contributed by atoms with Crippen LogP contribution in [-0.2, 0) is 20.8 Å². The van der Waals surface area contributed by atoms with Gasteiger partial charge in [-0.05, 0) is 25.3 Å². The van der Waals surface area contributed by atoms with E-state index in [1.165, 1.54) is 0 Å². The van der Waals surface area contributed by atoms with Crippen molar-refractivity contribution in [2.75, 3.05) is 19.8 Å². The molecule has 1 amide bonds. The van der Waals surface area contributed by atoms with Crippen molar-refractivity contribution < 1.29 is 19.0 Å². The first-order chi connectivity index (χ1) is 10.1. The number of benzene rings is 1. The van der Waals surface area contributed by atoms with Crippen LogP contribution in [0.4, 0.5) is 4.79 Å². The van der Waals surface area contributed by atoms with Crippen molar-refractivity contribution in [2.24, 2.45) is 5.41 Å². The van der Waals surface area contributed by atoms with E-state index in [4.69, 9.17) is 14.2 Å². The number of amides is 1. The van der Waals surface area contributed by atoms with E-state index in [0.29, 0.717) is 19.8 Å². The van der Waals surface area contributed by atoms with E-state index in [1.54, 1.807) is 0 Å². The fourth-order valence-electron chi connectivity index (χ4n) is 2.78. The fourth-order valence-corrected chi connectivity index (χ4v) is 2.78. The standard InChI is InChI=1S/C16H21NO4/c1-15(20-9-10-21-15)16(7-8-16)12-17-14(18)19-11-13-5-3-2-4-6-13/h2-6H,7-12H2,1H3,(H,17,18). The molecule has 0 radical (unpaired) electrons. The van der Waals surface area contributed by atoms with Crippen LogP contribution >= 0.6 is 0 Å². The lowest BCUT2D eigenvalue weighted by Gasteiger charge is -2.32. The summed E-state index contributed by atoms with van der Waals surface area (Å²) in [5.41, 5.74) is 0.873. The Hall–Kier alpha value is -1.59. The van der Waals surface area contributed by atoms with Crippen molar-refractivity contribution >= 4 is 6.09 Å². The summed E-state index contributed by atoms with van der Waals surface area (Å²) < 4.78 is 16.6. The minimum absolute atomic E-state index is 0.102. The number of carbonyl (C=O) groups is 1. The Labute approximate surface area is 124 Å². The summed E-state index contributed by atoms with van der Waals surface area (Å²) in [7, 11) is 0. The number of rotatable bonds is 5. The third kappa shape index (κ3) is 3.04. The lowest BCUT2D eigenvalue weighted by Crippen LogP contribution is -2.45. The summed E-state index contributed by atoms with van der Waals surface area (Å²) in [5, 5.41) is 2.84. The minimum Gasteiger partial charge on any atom is -0.445 e. The molecule has 2 fully saturated rings. The predicted molar refractivity (Wildman–Crippen MR) is 76.6 cm³/mol. The van der Waals surface area contributed by atoms with E-state index in [9.17, 15) is 4.79 Å². The van der Waals surface area contributed by atoms with Crippen molar-refractivity contribution in [1.29, 1.82) is 0 Å². The first-order valence-corrected chi connectivity index (χ1v) is 7.36. The number of carbonyl (C=O) groups excluding carboxylic acids is 1. The molecule has 0 unspecified atom stereocenters. The highest BCUT2D eigenvalue weighted by molar-refractivity contribution is 5.67. The maximum atomic E-state index is 11.8. The third-order valence-electron chi connectivity index (χ3n) is 4.44. The second kappa shape index (κ2) is 5.66. The summed E-state index contributed by atoms with van der Waals surface area (Å²) in [5.74, 6) is -0.570. The Bertz CT molecular complexity index is 492. The molecular formula is C16H21NO4. The average Bonchev–Trinajstić information content (AvgIpc) is 3.19. The predicted octanol–water partition coefficient (Wildman–Crippen LogP) is 2.46. The van der Waals surface area contributed by atoms with Crippen LogP contribution in [0.15, 0.2) is 30.3 Å². The Morgan fingerprint density at radius 3 is 2.52 bits per heavy atom. The monoisotopic (exact) mass is 291 g/mol. The van der Waals surface area contributed by atoms with Crippen molar-refractivity contribution in [1.82, 2.24) is 5.32 Å². The molecular weight excluding hydrogens is 270 g/mol. The van der Waals surface area contributed by atoms with Gasteiger partial charge in [0.25, 0.3) is 0 Å². The number of hydrogen-bond donors (Lipinski definition) is 1. The first-order valence-electron chi connectivity index (χ1n) is 7.36. The van der Waals surface area contributed by atoms with E-state index in [2.05, 4.69) is 5.32 Å². The highest BCUT2D eigenvalue weighted by Gasteiger charge is 2.60. The lowest BCUT2D eigenvalue weighted by molar-refractivity contribution is -0.190. The van der Waals surface area contributed by atoms with Gasteiger partial charge in [0.1, 0.15) is 6.61 Å². The SMILES string of the molecule is CC1(C2(CNC(=O)OCc3ccccc3)CC2)OCCO1.